The zero-order valence-electron chi connectivity index (χ0n) is 11.2. The smallest absolute Gasteiger partial charge is 0.228 e. The second kappa shape index (κ2) is 6.48. The van der Waals surface area contributed by atoms with Crippen molar-refractivity contribution in [1.82, 2.24) is 4.98 Å². The van der Waals surface area contributed by atoms with Crippen LogP contribution >= 0.6 is 0 Å². The van der Waals surface area contributed by atoms with E-state index < -0.39 is 0 Å². The summed E-state index contributed by atoms with van der Waals surface area (Å²) < 4.78 is 0. The van der Waals surface area contributed by atoms with Gasteiger partial charge in [-0.3, -0.25) is 9.78 Å². The van der Waals surface area contributed by atoms with E-state index in [1.165, 1.54) is 0 Å². The quantitative estimate of drug-likeness (QED) is 0.833. The summed E-state index contributed by atoms with van der Waals surface area (Å²) in [6.45, 7) is 7.39. The predicted octanol–water partition coefficient (Wildman–Crippen LogP) is 3.86. The molecule has 0 fully saturated rings. The van der Waals surface area contributed by atoms with Gasteiger partial charge in [0.25, 0.3) is 0 Å². The molecule has 2 aromatic rings. The minimum atomic E-state index is -0.0860. The number of aromatic nitrogens is 1. The van der Waals surface area contributed by atoms with Gasteiger partial charge in [0.1, 0.15) is 0 Å². The Morgan fingerprint density at radius 3 is 2.95 bits per heavy atom. The number of rotatable bonds is 5. The van der Waals surface area contributed by atoms with Gasteiger partial charge in [-0.25, -0.2) is 0 Å². The number of carbonyl (C=O) groups is 1. The van der Waals surface area contributed by atoms with Gasteiger partial charge in [0.2, 0.25) is 5.91 Å². The van der Waals surface area contributed by atoms with Crippen molar-refractivity contribution in [3.8, 4) is 0 Å². The maximum atomic E-state index is 11.9. The first kappa shape index (κ1) is 13.7. The summed E-state index contributed by atoms with van der Waals surface area (Å²) in [5.41, 5.74) is 1.52. The van der Waals surface area contributed by atoms with Crippen LogP contribution in [0.4, 0.5) is 5.69 Å². The minimum absolute atomic E-state index is 0.0860. The Balaban J connectivity index is 2.04. The van der Waals surface area contributed by atoms with Gasteiger partial charge in [-0.15, -0.1) is 0 Å². The zero-order valence-corrected chi connectivity index (χ0v) is 11.2. The van der Waals surface area contributed by atoms with Crippen LogP contribution in [0.5, 0.6) is 0 Å². The summed E-state index contributed by atoms with van der Waals surface area (Å²) in [4.78, 5) is 15.9. The highest BCUT2D eigenvalue weighted by Gasteiger charge is 2.04. The molecule has 0 aliphatic heterocycles. The number of fused-ring (bicyclic) bond motifs is 1. The highest BCUT2D eigenvalue weighted by Crippen LogP contribution is 2.18. The maximum Gasteiger partial charge on any atom is 0.228 e. The number of carbonyl (C=O) groups excluding carboxylic acids is 1. The average Bonchev–Trinajstić information content (AvgIpc) is 2.44. The molecule has 0 saturated carbocycles. The Kier molecular flexibility index (Phi) is 4.45. The van der Waals surface area contributed by atoms with Crippen molar-refractivity contribution in [1.29, 1.82) is 0 Å². The molecule has 0 radical (unpaired) electrons. The number of anilines is 1. The van der Waals surface area contributed by atoms with Crippen molar-refractivity contribution in [3.05, 3.63) is 73.6 Å². The molecule has 1 amide bonds. The molecule has 3 heteroatoms. The van der Waals surface area contributed by atoms with Crippen LogP contribution in [-0.4, -0.2) is 10.9 Å². The highest BCUT2D eigenvalue weighted by atomic mass is 16.1. The topological polar surface area (TPSA) is 42.0 Å². The van der Waals surface area contributed by atoms with Crippen LogP contribution in [0.1, 0.15) is 6.42 Å². The fraction of sp³-hybridized carbons (Fsp3) is 0.0588. The maximum absolute atomic E-state index is 11.9. The molecule has 0 spiro atoms. The summed E-state index contributed by atoms with van der Waals surface area (Å²) in [6, 6.07) is 7.64. The summed E-state index contributed by atoms with van der Waals surface area (Å²) in [5.74, 6) is -0.0860. The Hall–Kier alpha value is -2.68. The van der Waals surface area contributed by atoms with Crippen LogP contribution in [0.2, 0.25) is 0 Å². The molecule has 0 saturated heterocycles. The SMILES string of the molecule is C=C/C=C\C(=C)CC(=O)Nc1ccc2cnccc2c1. The number of allylic oxidation sites excluding steroid dienone is 3. The van der Waals surface area contributed by atoms with Crippen LogP contribution in [0.3, 0.4) is 0 Å². The Morgan fingerprint density at radius 2 is 2.15 bits per heavy atom. The summed E-state index contributed by atoms with van der Waals surface area (Å²) in [5, 5.41) is 4.95. The predicted molar refractivity (Wildman–Crippen MR) is 83.5 cm³/mol. The van der Waals surface area contributed by atoms with Gasteiger partial charge < -0.3 is 5.32 Å². The highest BCUT2D eigenvalue weighted by molar-refractivity contribution is 5.95. The second-order valence-electron chi connectivity index (χ2n) is 4.42. The lowest BCUT2D eigenvalue weighted by Crippen LogP contribution is -2.11. The van der Waals surface area contributed by atoms with Crippen LogP contribution in [-0.2, 0) is 4.79 Å². The van der Waals surface area contributed by atoms with Crippen molar-refractivity contribution in [2.24, 2.45) is 0 Å². The van der Waals surface area contributed by atoms with Gasteiger partial charge in [-0.2, -0.15) is 0 Å². The molecular formula is C17H16N2O. The lowest BCUT2D eigenvalue weighted by molar-refractivity contribution is -0.115. The van der Waals surface area contributed by atoms with E-state index in [9.17, 15) is 4.79 Å². The van der Waals surface area contributed by atoms with E-state index in [1.807, 2.05) is 24.3 Å². The molecule has 0 aliphatic rings. The summed E-state index contributed by atoms with van der Waals surface area (Å²) >= 11 is 0. The molecule has 0 bridgehead atoms. The molecule has 0 atom stereocenters. The van der Waals surface area contributed by atoms with Crippen LogP contribution < -0.4 is 5.32 Å². The second-order valence-corrected chi connectivity index (χ2v) is 4.42. The van der Waals surface area contributed by atoms with Crippen LogP contribution in [0, 0.1) is 0 Å². The largest absolute Gasteiger partial charge is 0.326 e. The lowest BCUT2D eigenvalue weighted by atomic mass is 10.1. The first-order valence-electron chi connectivity index (χ1n) is 6.29. The third kappa shape index (κ3) is 3.65. The number of benzene rings is 1. The molecule has 2 rings (SSSR count). The van der Waals surface area contributed by atoms with Crippen molar-refractivity contribution < 1.29 is 4.79 Å². The van der Waals surface area contributed by atoms with E-state index in [-0.39, 0.29) is 12.3 Å². The monoisotopic (exact) mass is 264 g/mol. The van der Waals surface area contributed by atoms with Gasteiger partial charge in [-0.05, 0) is 29.2 Å². The molecule has 1 N–H and O–H groups in total. The molecule has 100 valence electrons. The fourth-order valence-electron chi connectivity index (χ4n) is 1.84. The van der Waals surface area contributed by atoms with Crippen LogP contribution in [0.15, 0.2) is 73.6 Å². The third-order valence-electron chi connectivity index (χ3n) is 2.78. The summed E-state index contributed by atoms with van der Waals surface area (Å²) in [6.07, 6.45) is 8.98. The Bertz CT molecular complexity index is 686. The normalized spacial score (nSPS) is 10.6. The number of nitrogens with zero attached hydrogens (tertiary/aromatic N) is 1. The molecule has 0 aliphatic carbocycles. The molecule has 1 heterocycles. The standard InChI is InChI=1S/C17H16N2O/c1-3-4-5-13(2)10-17(20)19-16-7-6-15-12-18-9-8-14(15)11-16/h3-9,11-12H,1-2,10H2,(H,19,20)/b5-4-. The molecule has 1 aromatic heterocycles. The fourth-order valence-corrected chi connectivity index (χ4v) is 1.84. The molecular weight excluding hydrogens is 248 g/mol. The van der Waals surface area contributed by atoms with Gasteiger partial charge in [0.15, 0.2) is 0 Å². The van der Waals surface area contributed by atoms with Crippen molar-refractivity contribution in [3.63, 3.8) is 0 Å². The number of hydrogen-bond donors (Lipinski definition) is 1. The number of nitrogens with one attached hydrogen (secondary N) is 1. The first-order valence-corrected chi connectivity index (χ1v) is 6.29. The van der Waals surface area contributed by atoms with E-state index in [0.717, 1.165) is 22.0 Å². The third-order valence-corrected chi connectivity index (χ3v) is 2.78. The molecule has 3 nitrogen and oxygen atoms in total. The van der Waals surface area contributed by atoms with E-state index in [2.05, 4.69) is 23.5 Å². The van der Waals surface area contributed by atoms with Gasteiger partial charge in [0.05, 0.1) is 6.42 Å². The van der Waals surface area contributed by atoms with E-state index in [4.69, 9.17) is 0 Å². The number of pyridine rings is 1. The number of hydrogen-bond acceptors (Lipinski definition) is 2. The minimum Gasteiger partial charge on any atom is -0.326 e. The van der Waals surface area contributed by atoms with Gasteiger partial charge in [-0.1, -0.05) is 37.5 Å². The molecule has 20 heavy (non-hydrogen) atoms. The molecule has 0 unspecified atom stereocenters. The lowest BCUT2D eigenvalue weighted by Gasteiger charge is -2.06. The molecule has 1 aromatic carbocycles. The van der Waals surface area contributed by atoms with E-state index >= 15 is 0 Å². The van der Waals surface area contributed by atoms with Gasteiger partial charge in [0, 0.05) is 23.5 Å². The Morgan fingerprint density at radius 1 is 1.30 bits per heavy atom. The average molecular weight is 264 g/mol. The first-order chi connectivity index (χ1) is 9.69. The van der Waals surface area contributed by atoms with Crippen molar-refractivity contribution in [2.75, 3.05) is 5.32 Å². The Labute approximate surface area is 118 Å². The van der Waals surface area contributed by atoms with Crippen LogP contribution in [0.25, 0.3) is 10.8 Å². The van der Waals surface area contributed by atoms with Crippen molar-refractivity contribution >= 4 is 22.4 Å². The summed E-state index contributed by atoms with van der Waals surface area (Å²) in [7, 11) is 0. The van der Waals surface area contributed by atoms with Crippen molar-refractivity contribution in [2.45, 2.75) is 6.42 Å². The van der Waals surface area contributed by atoms with E-state index in [0.29, 0.717) is 0 Å². The zero-order chi connectivity index (χ0) is 14.4. The van der Waals surface area contributed by atoms with E-state index in [1.54, 1.807) is 30.6 Å². The van der Waals surface area contributed by atoms with Gasteiger partial charge >= 0.3 is 0 Å². The number of amides is 1.